The Labute approximate surface area is 214 Å². The highest BCUT2D eigenvalue weighted by molar-refractivity contribution is 7.92. The smallest absolute Gasteiger partial charge is 0.275 e. The Morgan fingerprint density at radius 1 is 1.09 bits per heavy atom. The topological polar surface area (TPSA) is 88.6 Å². The number of carbonyl (C=O) groups excluding carboxylic acids is 1. The first-order chi connectivity index (χ1) is 16.1. The number of sulfonamides is 1. The van der Waals surface area contributed by atoms with Crippen molar-refractivity contribution in [2.45, 2.75) is 68.7 Å². The summed E-state index contributed by atoms with van der Waals surface area (Å²) in [5.41, 5.74) is 0.429. The molecule has 2 aromatic rings. The van der Waals surface area contributed by atoms with E-state index in [0.29, 0.717) is 39.6 Å². The van der Waals surface area contributed by atoms with Gasteiger partial charge in [0.1, 0.15) is 11.9 Å². The Morgan fingerprint density at radius 2 is 1.76 bits per heavy atom. The molecule has 0 unspecified atom stereocenters. The molecule has 2 aliphatic rings. The van der Waals surface area contributed by atoms with E-state index < -0.39 is 15.9 Å². The maximum absolute atomic E-state index is 12.7. The Morgan fingerprint density at radius 3 is 2.35 bits per heavy atom. The summed E-state index contributed by atoms with van der Waals surface area (Å²) >= 11 is 13.1. The number of nitrogens with zero attached hydrogens (tertiary/aromatic N) is 2. The van der Waals surface area contributed by atoms with E-state index in [1.165, 1.54) is 0 Å². The summed E-state index contributed by atoms with van der Waals surface area (Å²) in [6.07, 6.45) is 5.13. The molecule has 1 aromatic carbocycles. The van der Waals surface area contributed by atoms with Gasteiger partial charge in [-0.2, -0.15) is 0 Å². The third kappa shape index (κ3) is 6.05. The van der Waals surface area contributed by atoms with Crippen LogP contribution in [0.2, 0.25) is 10.0 Å². The average molecular weight is 547 g/mol. The molecule has 1 saturated heterocycles. The fraction of sp³-hybridized carbons (Fsp3) is 0.565. The molecule has 1 saturated carbocycles. The van der Waals surface area contributed by atoms with Crippen molar-refractivity contribution in [2.24, 2.45) is 5.92 Å². The number of carbonyl (C=O) groups is 1. The minimum absolute atomic E-state index is 0.123. The molecule has 7 nitrogen and oxygen atoms in total. The van der Waals surface area contributed by atoms with Crippen LogP contribution in [0, 0.1) is 19.8 Å². The van der Waals surface area contributed by atoms with Crippen LogP contribution in [0.3, 0.4) is 0 Å². The van der Waals surface area contributed by atoms with Gasteiger partial charge in [0.05, 0.1) is 20.7 Å². The molecule has 11 heteroatoms. The zero-order valence-corrected chi connectivity index (χ0v) is 22.4. The van der Waals surface area contributed by atoms with Crippen molar-refractivity contribution >= 4 is 50.5 Å². The number of halogens is 2. The van der Waals surface area contributed by atoms with Gasteiger partial charge >= 0.3 is 0 Å². The minimum Gasteiger partial charge on any atom is -0.490 e. The third-order valence-corrected chi connectivity index (χ3v) is 10.4. The van der Waals surface area contributed by atoms with E-state index in [0.717, 1.165) is 55.9 Å². The molecule has 1 aliphatic heterocycles. The molecule has 2 heterocycles. The quantitative estimate of drug-likeness (QED) is 0.550. The summed E-state index contributed by atoms with van der Waals surface area (Å²) in [5.74, 6) is 0.0477. The van der Waals surface area contributed by atoms with E-state index in [1.54, 1.807) is 26.0 Å². The Kier molecular flexibility index (Phi) is 8.09. The first kappa shape index (κ1) is 25.7. The maximum atomic E-state index is 12.7. The summed E-state index contributed by atoms with van der Waals surface area (Å²) in [5, 5.41) is 1.67. The molecule has 0 radical (unpaired) electrons. The highest BCUT2D eigenvalue weighted by Gasteiger charge is 2.34. The third-order valence-electron chi connectivity index (χ3n) is 6.59. The van der Waals surface area contributed by atoms with Gasteiger partial charge in [0.25, 0.3) is 10.0 Å². The number of hydrogen-bond acceptors (Lipinski definition) is 7. The van der Waals surface area contributed by atoms with Gasteiger partial charge in [-0.05, 0) is 64.5 Å². The van der Waals surface area contributed by atoms with Crippen LogP contribution in [0.5, 0.6) is 5.75 Å². The lowest BCUT2D eigenvalue weighted by atomic mass is 9.84. The van der Waals surface area contributed by atoms with Crippen molar-refractivity contribution in [1.82, 2.24) is 14.6 Å². The molecule has 186 valence electrons. The molecule has 2 fully saturated rings. The van der Waals surface area contributed by atoms with Gasteiger partial charge in [-0.25, -0.2) is 18.1 Å². The highest BCUT2D eigenvalue weighted by Crippen LogP contribution is 2.32. The molecule has 1 aromatic heterocycles. The summed E-state index contributed by atoms with van der Waals surface area (Å²) < 4.78 is 33.8. The number of benzene rings is 1. The summed E-state index contributed by atoms with van der Waals surface area (Å²) in [7, 11) is -3.87. The number of likely N-dealkylation sites (tertiary alicyclic amines) is 1. The molecule has 0 bridgehead atoms. The number of aromatic nitrogens is 1. The fourth-order valence-corrected chi connectivity index (χ4v) is 7.65. The molecule has 1 aliphatic carbocycles. The lowest BCUT2D eigenvalue weighted by Gasteiger charge is -2.40. The van der Waals surface area contributed by atoms with Gasteiger partial charge in [-0.15, -0.1) is 11.3 Å². The van der Waals surface area contributed by atoms with E-state index in [9.17, 15) is 13.2 Å². The van der Waals surface area contributed by atoms with Crippen LogP contribution in [-0.2, 0) is 14.8 Å². The van der Waals surface area contributed by atoms with Gasteiger partial charge < -0.3 is 9.64 Å². The normalized spacial score (nSPS) is 22.5. The predicted octanol–water partition coefficient (Wildman–Crippen LogP) is 4.97. The van der Waals surface area contributed by atoms with E-state index in [4.69, 9.17) is 27.9 Å². The molecule has 0 spiro atoms. The molecule has 1 N–H and O–H groups in total. The molecule has 1 amide bonds. The van der Waals surface area contributed by atoms with Gasteiger partial charge in [-0.3, -0.25) is 4.79 Å². The lowest BCUT2D eigenvalue weighted by molar-refractivity contribution is -0.124. The zero-order valence-electron chi connectivity index (χ0n) is 19.2. The average Bonchev–Trinajstić information content (AvgIpc) is 3.15. The van der Waals surface area contributed by atoms with Crippen LogP contribution >= 0.6 is 34.5 Å². The van der Waals surface area contributed by atoms with Crippen LogP contribution < -0.4 is 9.46 Å². The maximum Gasteiger partial charge on any atom is 0.275 e. The standard InChI is InChI=1S/C23H29Cl2N3O4S2/c1-14-23(33-15(2)26-14)34(30,31)27-22(29)16-3-5-17(6-4-16)28-11-9-18(10-12-28)32-19-7-8-20(24)21(25)13-19/h7-8,13,16-18H,3-6,9-12H2,1-2H3,(H,27,29)/t16-,17-. The number of rotatable bonds is 6. The molecular formula is C23H29Cl2N3O4S2. The van der Waals surface area contributed by atoms with Crippen molar-refractivity contribution in [3.8, 4) is 5.75 Å². The van der Waals surface area contributed by atoms with Crippen molar-refractivity contribution in [3.05, 3.63) is 38.9 Å². The van der Waals surface area contributed by atoms with Gasteiger partial charge in [0.15, 0.2) is 4.21 Å². The molecule has 0 atom stereocenters. The number of piperidine rings is 1. The largest absolute Gasteiger partial charge is 0.490 e. The van der Waals surface area contributed by atoms with E-state index >= 15 is 0 Å². The van der Waals surface area contributed by atoms with E-state index in [1.807, 2.05) is 6.07 Å². The second-order valence-electron chi connectivity index (χ2n) is 9.01. The van der Waals surface area contributed by atoms with E-state index in [-0.39, 0.29) is 16.2 Å². The number of ether oxygens (including phenoxy) is 1. The van der Waals surface area contributed by atoms with Crippen molar-refractivity contribution in [2.75, 3.05) is 13.1 Å². The van der Waals surface area contributed by atoms with E-state index in [2.05, 4.69) is 14.6 Å². The van der Waals surface area contributed by atoms with Crippen LogP contribution in [0.1, 0.15) is 49.2 Å². The Hall–Kier alpha value is -1.39. The highest BCUT2D eigenvalue weighted by atomic mass is 35.5. The lowest BCUT2D eigenvalue weighted by Crippen LogP contribution is -2.46. The van der Waals surface area contributed by atoms with Crippen LogP contribution in [0.25, 0.3) is 0 Å². The first-order valence-corrected chi connectivity index (χ1v) is 14.5. The van der Waals surface area contributed by atoms with Crippen LogP contribution in [0.4, 0.5) is 0 Å². The fourth-order valence-electron chi connectivity index (χ4n) is 4.83. The number of amides is 1. The molecule has 4 rings (SSSR count). The Balaban J connectivity index is 1.23. The number of thiazole rings is 1. The first-order valence-electron chi connectivity index (χ1n) is 11.5. The van der Waals surface area contributed by atoms with Crippen LogP contribution in [0.15, 0.2) is 22.4 Å². The van der Waals surface area contributed by atoms with Crippen molar-refractivity contribution in [3.63, 3.8) is 0 Å². The van der Waals surface area contributed by atoms with Crippen molar-refractivity contribution in [1.29, 1.82) is 0 Å². The predicted molar refractivity (Wildman–Crippen MR) is 134 cm³/mol. The second-order valence-corrected chi connectivity index (χ2v) is 12.9. The van der Waals surface area contributed by atoms with Crippen molar-refractivity contribution < 1.29 is 17.9 Å². The summed E-state index contributed by atoms with van der Waals surface area (Å²) in [4.78, 5) is 19.3. The summed E-state index contributed by atoms with van der Waals surface area (Å²) in [6, 6.07) is 5.75. The Bertz CT molecular complexity index is 1140. The molecular weight excluding hydrogens is 517 g/mol. The minimum atomic E-state index is -3.87. The van der Waals surface area contributed by atoms with Crippen LogP contribution in [-0.4, -0.2) is 49.4 Å². The van der Waals surface area contributed by atoms with Gasteiger partial charge in [0, 0.05) is 31.1 Å². The monoisotopic (exact) mass is 545 g/mol. The van der Waals surface area contributed by atoms with Gasteiger partial charge in [0.2, 0.25) is 5.91 Å². The summed E-state index contributed by atoms with van der Waals surface area (Å²) in [6.45, 7) is 5.27. The number of aryl methyl sites for hydroxylation is 2. The second kappa shape index (κ2) is 10.7. The zero-order chi connectivity index (χ0) is 24.5. The van der Waals surface area contributed by atoms with Gasteiger partial charge in [-0.1, -0.05) is 23.2 Å². The SMILES string of the molecule is Cc1nc(C)c(S(=O)(=O)NC(=O)[C@H]2CC[C@H](N3CCC(Oc4ccc(Cl)c(Cl)c4)CC3)CC2)s1. The number of hydrogen-bond donors (Lipinski definition) is 1. The molecule has 34 heavy (non-hydrogen) atoms. The number of nitrogens with one attached hydrogen (secondary N) is 1.